The monoisotopic (exact) mass is 416 g/mol. The Morgan fingerprint density at radius 1 is 1.26 bits per heavy atom. The number of allylic oxidation sites excluding steroid dienone is 2. The summed E-state index contributed by atoms with van der Waals surface area (Å²) in [7, 11) is 0. The van der Waals surface area contributed by atoms with Gasteiger partial charge in [0.1, 0.15) is 5.52 Å². The molecule has 3 rings (SSSR count). The molecule has 0 radical (unpaired) electrons. The normalized spacial score (nSPS) is 23.7. The van der Waals surface area contributed by atoms with E-state index in [-0.39, 0.29) is 10.4 Å². The average Bonchev–Trinajstić information content (AvgIpc) is 3.04. The van der Waals surface area contributed by atoms with Crippen molar-refractivity contribution in [1.29, 1.82) is 0 Å². The Balaban J connectivity index is 2.28. The Bertz CT molecular complexity index is 914. The van der Waals surface area contributed by atoms with Crippen LogP contribution in [0.5, 0.6) is 0 Å². The third-order valence-corrected chi connectivity index (χ3v) is 6.74. The van der Waals surface area contributed by atoms with E-state index in [9.17, 15) is 13.2 Å². The highest BCUT2D eigenvalue weighted by Crippen LogP contribution is 2.55. The molecule has 1 unspecified atom stereocenters. The van der Waals surface area contributed by atoms with Gasteiger partial charge in [0.25, 0.3) is 0 Å². The molecule has 1 aromatic heterocycles. The Morgan fingerprint density at radius 3 is 2.41 bits per heavy atom. The third-order valence-electron chi connectivity index (χ3n) is 6.16. The molecular weight excluding hydrogens is 393 g/mol. The molecule has 0 saturated carbocycles. The predicted molar refractivity (Wildman–Crippen MR) is 107 cm³/mol. The van der Waals surface area contributed by atoms with Gasteiger partial charge in [-0.2, -0.15) is 13.2 Å². The zero-order valence-electron chi connectivity index (χ0n) is 16.0. The van der Waals surface area contributed by atoms with Crippen LogP contribution in [0.3, 0.4) is 0 Å². The van der Waals surface area contributed by atoms with Crippen molar-refractivity contribution < 1.29 is 13.2 Å². The highest BCUT2D eigenvalue weighted by molar-refractivity contribution is 7.80. The van der Waals surface area contributed by atoms with Gasteiger partial charge in [-0.25, -0.2) is 4.98 Å². The maximum absolute atomic E-state index is 13.3. The van der Waals surface area contributed by atoms with Crippen LogP contribution < -0.4 is 0 Å². The number of hydrogen-bond donors (Lipinski definition) is 1. The summed E-state index contributed by atoms with van der Waals surface area (Å²) in [4.78, 5) is 4.36. The van der Waals surface area contributed by atoms with Gasteiger partial charge in [0.15, 0.2) is 5.16 Å². The fourth-order valence-electron chi connectivity index (χ4n) is 4.44. The number of hydrogen-bond acceptors (Lipinski definition) is 2. The largest absolute Gasteiger partial charge is 0.416 e. The van der Waals surface area contributed by atoms with Gasteiger partial charge in [-0.3, -0.25) is 4.57 Å². The number of fused-ring (bicyclic) bond motifs is 1. The highest BCUT2D eigenvalue weighted by Gasteiger charge is 2.46. The van der Waals surface area contributed by atoms with Gasteiger partial charge in [0, 0.05) is 11.1 Å². The van der Waals surface area contributed by atoms with Crippen LogP contribution in [-0.2, 0) is 6.18 Å². The number of alkyl halides is 3. The molecule has 0 amide bonds. The van der Waals surface area contributed by atoms with E-state index >= 15 is 0 Å². The fourth-order valence-corrected chi connectivity index (χ4v) is 5.01. The molecule has 0 fully saturated rings. The number of thiol groups is 1. The number of nitrogens with zero attached hydrogens (tertiary/aromatic N) is 2. The van der Waals surface area contributed by atoms with Crippen LogP contribution in [0.1, 0.15) is 46.6 Å². The lowest BCUT2D eigenvalue weighted by Crippen LogP contribution is -2.35. The third kappa shape index (κ3) is 3.19. The summed E-state index contributed by atoms with van der Waals surface area (Å²) in [5.74, 6) is 1.13. The molecule has 148 valence electrons. The number of halogens is 4. The molecular formula is C20H24ClF3N2S. The van der Waals surface area contributed by atoms with E-state index in [0.717, 1.165) is 24.3 Å². The lowest BCUT2D eigenvalue weighted by atomic mass is 9.66. The van der Waals surface area contributed by atoms with Gasteiger partial charge in [-0.05, 0) is 36.3 Å². The second-order valence-electron chi connectivity index (χ2n) is 8.18. The van der Waals surface area contributed by atoms with Crippen molar-refractivity contribution in [3.63, 3.8) is 0 Å². The summed E-state index contributed by atoms with van der Waals surface area (Å²) in [6, 6.07) is 2.05. The predicted octanol–water partition coefficient (Wildman–Crippen LogP) is 7.18. The minimum absolute atomic E-state index is 0.0147. The SMILES string of the molecule is CC(C)C1CC=C(n2c(S)nc3c(Cl)cc(C(F)(F)F)cc32)[C@@]1(C)C(C)C. The Morgan fingerprint density at radius 2 is 1.89 bits per heavy atom. The van der Waals surface area contributed by atoms with Gasteiger partial charge in [0.2, 0.25) is 0 Å². The minimum atomic E-state index is -4.48. The van der Waals surface area contributed by atoms with E-state index in [2.05, 4.69) is 58.3 Å². The zero-order valence-corrected chi connectivity index (χ0v) is 17.7. The van der Waals surface area contributed by atoms with Crippen LogP contribution >= 0.6 is 24.2 Å². The van der Waals surface area contributed by atoms with E-state index in [1.165, 1.54) is 0 Å². The maximum Gasteiger partial charge on any atom is 0.416 e. The van der Waals surface area contributed by atoms with Crippen LogP contribution in [0.2, 0.25) is 5.02 Å². The molecule has 0 saturated heterocycles. The number of benzene rings is 1. The molecule has 0 aliphatic heterocycles. The van der Waals surface area contributed by atoms with Crippen molar-refractivity contribution in [2.75, 3.05) is 0 Å². The summed E-state index contributed by atoms with van der Waals surface area (Å²) >= 11 is 10.6. The fraction of sp³-hybridized carbons (Fsp3) is 0.550. The summed E-state index contributed by atoms with van der Waals surface area (Å²) in [5.41, 5.74) is 0.663. The van der Waals surface area contributed by atoms with Gasteiger partial charge in [-0.1, -0.05) is 52.3 Å². The Labute approximate surface area is 168 Å². The minimum Gasteiger partial charge on any atom is -0.291 e. The molecule has 1 aliphatic rings. The quantitative estimate of drug-likeness (QED) is 0.525. The first kappa shape index (κ1) is 20.6. The first-order valence-corrected chi connectivity index (χ1v) is 9.90. The van der Waals surface area contributed by atoms with Crippen LogP contribution in [0.4, 0.5) is 13.2 Å². The first-order valence-electron chi connectivity index (χ1n) is 9.08. The van der Waals surface area contributed by atoms with Crippen LogP contribution in [-0.4, -0.2) is 9.55 Å². The van der Waals surface area contributed by atoms with Gasteiger partial charge >= 0.3 is 6.18 Å². The van der Waals surface area contributed by atoms with Crippen molar-refractivity contribution in [2.45, 2.75) is 52.4 Å². The Kier molecular flexibility index (Phi) is 5.13. The smallest absolute Gasteiger partial charge is 0.291 e. The standard InChI is InChI=1S/C20H24ClF3N2S/c1-10(2)13-6-7-16(19(13,5)11(3)4)26-15-9-12(20(22,23)24)8-14(21)17(15)25-18(26)27/h7-11,13H,6H2,1-5H3,(H,25,27)/t13?,19-/m0/s1. The van der Waals surface area contributed by atoms with E-state index < -0.39 is 11.7 Å². The van der Waals surface area contributed by atoms with E-state index in [4.69, 9.17) is 11.6 Å². The van der Waals surface area contributed by atoms with E-state index in [0.29, 0.717) is 33.9 Å². The van der Waals surface area contributed by atoms with Crippen molar-refractivity contribution in [3.8, 4) is 0 Å². The molecule has 27 heavy (non-hydrogen) atoms. The van der Waals surface area contributed by atoms with Crippen molar-refractivity contribution in [2.24, 2.45) is 23.2 Å². The molecule has 2 nitrogen and oxygen atoms in total. The summed E-state index contributed by atoms with van der Waals surface area (Å²) in [6.07, 6.45) is -1.48. The number of rotatable bonds is 3. The van der Waals surface area contributed by atoms with Crippen LogP contribution in [0, 0.1) is 23.2 Å². The lowest BCUT2D eigenvalue weighted by Gasteiger charge is -2.41. The summed E-state index contributed by atoms with van der Waals surface area (Å²) < 4.78 is 41.8. The lowest BCUT2D eigenvalue weighted by molar-refractivity contribution is -0.137. The molecule has 0 bridgehead atoms. The molecule has 0 spiro atoms. The molecule has 2 aromatic rings. The molecule has 0 N–H and O–H groups in total. The average molecular weight is 417 g/mol. The van der Waals surface area contributed by atoms with E-state index in [1.54, 1.807) is 4.57 Å². The van der Waals surface area contributed by atoms with Gasteiger partial charge in [0.05, 0.1) is 16.1 Å². The Hall–Kier alpha value is -1.14. The molecule has 7 heteroatoms. The van der Waals surface area contributed by atoms with Gasteiger partial charge in [-0.15, -0.1) is 12.6 Å². The topological polar surface area (TPSA) is 17.8 Å². The second-order valence-corrected chi connectivity index (χ2v) is 8.99. The van der Waals surface area contributed by atoms with Gasteiger partial charge < -0.3 is 0 Å². The maximum atomic E-state index is 13.3. The molecule has 1 aliphatic carbocycles. The van der Waals surface area contributed by atoms with Crippen molar-refractivity contribution in [3.05, 3.63) is 28.8 Å². The van der Waals surface area contributed by atoms with Crippen LogP contribution in [0.15, 0.2) is 23.4 Å². The van der Waals surface area contributed by atoms with E-state index in [1.807, 2.05) is 0 Å². The zero-order chi connectivity index (χ0) is 20.3. The highest BCUT2D eigenvalue weighted by atomic mass is 35.5. The van der Waals surface area contributed by atoms with Crippen LogP contribution in [0.25, 0.3) is 16.7 Å². The molecule has 2 atom stereocenters. The van der Waals surface area contributed by atoms with Crippen molar-refractivity contribution >= 4 is 41.0 Å². The second kappa shape index (κ2) is 6.73. The number of imidazole rings is 1. The van der Waals surface area contributed by atoms with Crippen molar-refractivity contribution in [1.82, 2.24) is 9.55 Å². The molecule has 1 heterocycles. The first-order chi connectivity index (χ1) is 12.4. The summed E-state index contributed by atoms with van der Waals surface area (Å²) in [6.45, 7) is 10.9. The molecule has 1 aromatic carbocycles. The summed E-state index contributed by atoms with van der Waals surface area (Å²) in [5, 5.41) is 0.341. The number of aromatic nitrogens is 2.